The third-order valence-corrected chi connectivity index (χ3v) is 5.05. The van der Waals surface area contributed by atoms with Crippen LogP contribution in [0.3, 0.4) is 0 Å². The van der Waals surface area contributed by atoms with Crippen molar-refractivity contribution in [3.8, 4) is 5.75 Å². The molecule has 1 aliphatic heterocycles. The molecule has 1 heterocycles. The number of esters is 1. The molecule has 154 valence electrons. The molecule has 0 spiro atoms. The van der Waals surface area contributed by atoms with Gasteiger partial charge in [-0.2, -0.15) is 0 Å². The molecule has 2 rings (SSSR count). The second-order valence-electron chi connectivity index (χ2n) is 7.16. The van der Waals surface area contributed by atoms with Gasteiger partial charge in [-0.3, -0.25) is 9.59 Å². The summed E-state index contributed by atoms with van der Waals surface area (Å²) in [6, 6.07) is 5.05. The molecule has 2 amide bonds. The Hall–Kier alpha value is -2.57. The molecule has 0 saturated carbocycles. The van der Waals surface area contributed by atoms with Crippen LogP contribution in [0.15, 0.2) is 24.3 Å². The van der Waals surface area contributed by atoms with E-state index < -0.39 is 18.1 Å². The number of hydrogen-bond acceptors (Lipinski definition) is 5. The van der Waals surface area contributed by atoms with Crippen LogP contribution >= 0.6 is 0 Å². The van der Waals surface area contributed by atoms with Gasteiger partial charge in [0.15, 0.2) is 0 Å². The van der Waals surface area contributed by atoms with Gasteiger partial charge in [0, 0.05) is 19.4 Å². The first-order chi connectivity index (χ1) is 13.5. The summed E-state index contributed by atoms with van der Waals surface area (Å²) in [4.78, 5) is 39.1. The van der Waals surface area contributed by atoms with Crippen LogP contribution in [0.5, 0.6) is 5.75 Å². The van der Waals surface area contributed by atoms with E-state index in [0.717, 1.165) is 31.2 Å². The van der Waals surface area contributed by atoms with Crippen molar-refractivity contribution in [1.29, 1.82) is 0 Å². The highest BCUT2D eigenvalue weighted by Crippen LogP contribution is 2.20. The van der Waals surface area contributed by atoms with E-state index in [0.29, 0.717) is 19.4 Å². The standard InChI is InChI=1S/C21H30N2O5/c1-3-4-5-8-19(25)23-13-6-7-18(23)20(26)22-17(21(27)28-2)14-15-9-11-16(24)12-10-15/h9-12,17-18,24H,3-8,13-14H2,1-2H3,(H,22,26)/t17-,18-/m0/s1. The van der Waals surface area contributed by atoms with Crippen molar-refractivity contribution in [2.75, 3.05) is 13.7 Å². The van der Waals surface area contributed by atoms with Crippen LogP contribution in [0, 0.1) is 0 Å². The fourth-order valence-electron chi connectivity index (χ4n) is 3.48. The lowest BCUT2D eigenvalue weighted by Gasteiger charge is -2.26. The lowest BCUT2D eigenvalue weighted by atomic mass is 10.0. The van der Waals surface area contributed by atoms with E-state index in [1.807, 2.05) is 0 Å². The van der Waals surface area contributed by atoms with Gasteiger partial charge in [0.05, 0.1) is 7.11 Å². The number of carbonyl (C=O) groups is 3. The van der Waals surface area contributed by atoms with Gasteiger partial charge in [-0.25, -0.2) is 4.79 Å². The monoisotopic (exact) mass is 390 g/mol. The fourth-order valence-corrected chi connectivity index (χ4v) is 3.48. The van der Waals surface area contributed by atoms with E-state index in [1.165, 1.54) is 19.2 Å². The molecular weight excluding hydrogens is 360 g/mol. The zero-order valence-corrected chi connectivity index (χ0v) is 16.6. The van der Waals surface area contributed by atoms with Gasteiger partial charge in [-0.05, 0) is 37.0 Å². The summed E-state index contributed by atoms with van der Waals surface area (Å²) in [6.45, 7) is 2.65. The summed E-state index contributed by atoms with van der Waals surface area (Å²) in [5.41, 5.74) is 0.785. The Labute approximate surface area is 166 Å². The molecule has 2 atom stereocenters. The number of hydrogen-bond donors (Lipinski definition) is 2. The molecule has 1 aromatic rings. The van der Waals surface area contributed by atoms with Crippen molar-refractivity contribution in [2.45, 2.75) is 64.0 Å². The second-order valence-corrected chi connectivity index (χ2v) is 7.16. The Morgan fingerprint density at radius 3 is 2.61 bits per heavy atom. The second kappa shape index (κ2) is 10.7. The average Bonchev–Trinajstić information content (AvgIpc) is 3.18. The molecule has 0 bridgehead atoms. The zero-order valence-electron chi connectivity index (χ0n) is 16.6. The van der Waals surface area contributed by atoms with Gasteiger partial charge in [-0.1, -0.05) is 31.9 Å². The van der Waals surface area contributed by atoms with E-state index in [1.54, 1.807) is 17.0 Å². The summed E-state index contributed by atoms with van der Waals surface area (Å²) in [5.74, 6) is -0.736. The van der Waals surface area contributed by atoms with Crippen LogP contribution < -0.4 is 5.32 Å². The topological polar surface area (TPSA) is 95.9 Å². The zero-order chi connectivity index (χ0) is 20.5. The van der Waals surface area contributed by atoms with Crippen molar-refractivity contribution in [2.24, 2.45) is 0 Å². The van der Waals surface area contributed by atoms with Crippen molar-refractivity contribution in [3.63, 3.8) is 0 Å². The highest BCUT2D eigenvalue weighted by molar-refractivity contribution is 5.91. The molecule has 1 aliphatic rings. The molecule has 7 nitrogen and oxygen atoms in total. The average molecular weight is 390 g/mol. The Bertz CT molecular complexity index is 674. The molecule has 0 radical (unpaired) electrons. The molecule has 0 aromatic heterocycles. The molecule has 7 heteroatoms. The predicted molar refractivity (Wildman–Crippen MR) is 105 cm³/mol. The molecular formula is C21H30N2O5. The highest BCUT2D eigenvalue weighted by atomic mass is 16.5. The van der Waals surface area contributed by atoms with E-state index in [9.17, 15) is 19.5 Å². The summed E-state index contributed by atoms with van der Waals surface area (Å²) in [7, 11) is 1.28. The van der Waals surface area contributed by atoms with Crippen molar-refractivity contribution in [3.05, 3.63) is 29.8 Å². The molecule has 1 saturated heterocycles. The largest absolute Gasteiger partial charge is 0.508 e. The van der Waals surface area contributed by atoms with Gasteiger partial charge in [-0.15, -0.1) is 0 Å². The Morgan fingerprint density at radius 1 is 1.25 bits per heavy atom. The lowest BCUT2D eigenvalue weighted by molar-refractivity contribution is -0.146. The number of nitrogens with zero attached hydrogens (tertiary/aromatic N) is 1. The quantitative estimate of drug-likeness (QED) is 0.498. The van der Waals surface area contributed by atoms with E-state index >= 15 is 0 Å². The fraction of sp³-hybridized carbons (Fsp3) is 0.571. The molecule has 2 N–H and O–H groups in total. The van der Waals surface area contributed by atoms with Gasteiger partial charge in [0.2, 0.25) is 11.8 Å². The Balaban J connectivity index is 2.01. The normalized spacial score (nSPS) is 17.2. The van der Waals surface area contributed by atoms with Crippen LogP contribution in [-0.2, 0) is 25.5 Å². The van der Waals surface area contributed by atoms with E-state index in [-0.39, 0.29) is 24.0 Å². The molecule has 1 aromatic carbocycles. The van der Waals surface area contributed by atoms with Crippen molar-refractivity contribution in [1.82, 2.24) is 10.2 Å². The summed E-state index contributed by atoms with van der Waals surface area (Å²) < 4.78 is 4.83. The molecule has 1 fully saturated rings. The first-order valence-corrected chi connectivity index (χ1v) is 9.91. The van der Waals surface area contributed by atoms with Gasteiger partial charge in [0.25, 0.3) is 0 Å². The first kappa shape index (κ1) is 21.7. The van der Waals surface area contributed by atoms with Crippen LogP contribution in [0.2, 0.25) is 0 Å². The van der Waals surface area contributed by atoms with E-state index in [2.05, 4.69) is 12.2 Å². The number of ether oxygens (including phenoxy) is 1. The van der Waals surface area contributed by atoms with Gasteiger partial charge >= 0.3 is 5.97 Å². The maximum Gasteiger partial charge on any atom is 0.328 e. The van der Waals surface area contributed by atoms with Crippen LogP contribution in [0.4, 0.5) is 0 Å². The van der Waals surface area contributed by atoms with Crippen LogP contribution in [-0.4, -0.2) is 53.5 Å². The Kier molecular flexibility index (Phi) is 8.29. The number of benzene rings is 1. The minimum absolute atomic E-state index is 0.000692. The Morgan fingerprint density at radius 2 is 1.96 bits per heavy atom. The summed E-state index contributed by atoms with van der Waals surface area (Å²) in [5, 5.41) is 12.1. The smallest absolute Gasteiger partial charge is 0.328 e. The number of phenolic OH excluding ortho intramolecular Hbond substituents is 1. The van der Waals surface area contributed by atoms with Gasteiger partial charge < -0.3 is 20.1 Å². The highest BCUT2D eigenvalue weighted by Gasteiger charge is 2.35. The van der Waals surface area contributed by atoms with Crippen molar-refractivity contribution < 1.29 is 24.2 Å². The first-order valence-electron chi connectivity index (χ1n) is 9.91. The number of carbonyl (C=O) groups excluding carboxylic acids is 3. The predicted octanol–water partition coefficient (Wildman–Crippen LogP) is 2.16. The van der Waals surface area contributed by atoms with Gasteiger partial charge in [0.1, 0.15) is 17.8 Å². The minimum Gasteiger partial charge on any atom is -0.508 e. The minimum atomic E-state index is -0.848. The summed E-state index contributed by atoms with van der Waals surface area (Å²) >= 11 is 0. The number of methoxy groups -OCH3 is 1. The number of rotatable bonds is 9. The number of phenols is 1. The maximum atomic E-state index is 12.8. The lowest BCUT2D eigenvalue weighted by Crippen LogP contribution is -2.51. The molecule has 0 aliphatic carbocycles. The number of amides is 2. The van der Waals surface area contributed by atoms with Crippen molar-refractivity contribution >= 4 is 17.8 Å². The third kappa shape index (κ3) is 5.97. The number of nitrogens with one attached hydrogen (secondary N) is 1. The van der Waals surface area contributed by atoms with Crippen LogP contribution in [0.25, 0.3) is 0 Å². The number of aromatic hydroxyl groups is 1. The summed E-state index contributed by atoms with van der Waals surface area (Å²) in [6.07, 6.45) is 4.92. The number of likely N-dealkylation sites (tertiary alicyclic amines) is 1. The third-order valence-electron chi connectivity index (χ3n) is 5.05. The SMILES string of the molecule is CCCCCC(=O)N1CCC[C@H]1C(=O)N[C@@H](Cc1ccc(O)cc1)C(=O)OC. The van der Waals surface area contributed by atoms with Crippen LogP contribution in [0.1, 0.15) is 51.0 Å². The maximum absolute atomic E-state index is 12.8. The molecule has 0 unspecified atom stereocenters. The van der Waals surface area contributed by atoms with E-state index in [4.69, 9.17) is 4.74 Å². The molecule has 28 heavy (non-hydrogen) atoms. The number of unbranched alkanes of at least 4 members (excludes halogenated alkanes) is 2.